The van der Waals surface area contributed by atoms with Gasteiger partial charge in [0.25, 0.3) is 5.91 Å². The lowest BCUT2D eigenvalue weighted by Gasteiger charge is -2.32. The van der Waals surface area contributed by atoms with E-state index in [4.69, 9.17) is 0 Å². The average Bonchev–Trinajstić information content (AvgIpc) is 2.94. The second kappa shape index (κ2) is 5.40. The van der Waals surface area contributed by atoms with Crippen LogP contribution in [0.15, 0.2) is 31.0 Å². The van der Waals surface area contributed by atoms with E-state index < -0.39 is 0 Å². The summed E-state index contributed by atoms with van der Waals surface area (Å²) in [7, 11) is 1.84. The van der Waals surface area contributed by atoms with Crippen molar-refractivity contribution >= 4 is 5.91 Å². The molecule has 2 aromatic rings. The number of aryl methyl sites for hydroxylation is 1. The molecule has 20 heavy (non-hydrogen) atoms. The van der Waals surface area contributed by atoms with Crippen LogP contribution in [-0.2, 0) is 7.05 Å². The Kier molecular flexibility index (Phi) is 3.45. The summed E-state index contributed by atoms with van der Waals surface area (Å²) in [6.45, 7) is 1.47. The minimum absolute atomic E-state index is 0.00825. The normalized spacial score (nSPS) is 19.1. The van der Waals surface area contributed by atoms with Gasteiger partial charge < -0.3 is 9.47 Å². The number of likely N-dealkylation sites (tertiary alicyclic amines) is 1. The Morgan fingerprint density at radius 3 is 2.90 bits per heavy atom. The quantitative estimate of drug-likeness (QED) is 0.824. The molecular weight excluding hydrogens is 254 g/mol. The summed E-state index contributed by atoms with van der Waals surface area (Å²) in [6, 6.07) is 0. The van der Waals surface area contributed by atoms with Gasteiger partial charge in [0.15, 0.2) is 5.82 Å². The van der Waals surface area contributed by atoms with E-state index in [1.807, 2.05) is 11.9 Å². The minimum atomic E-state index is -0.00825. The second-order valence-corrected chi connectivity index (χ2v) is 5.08. The van der Waals surface area contributed by atoms with Gasteiger partial charge in [0.05, 0.1) is 5.69 Å². The molecule has 0 aliphatic carbocycles. The molecule has 1 amide bonds. The third-order valence-electron chi connectivity index (χ3n) is 3.72. The fourth-order valence-corrected chi connectivity index (χ4v) is 2.64. The van der Waals surface area contributed by atoms with Gasteiger partial charge in [0.2, 0.25) is 0 Å². The fourth-order valence-electron chi connectivity index (χ4n) is 2.64. The van der Waals surface area contributed by atoms with Crippen molar-refractivity contribution in [3.63, 3.8) is 0 Å². The summed E-state index contributed by atoms with van der Waals surface area (Å²) in [5.41, 5.74) is 0.963. The van der Waals surface area contributed by atoms with Crippen LogP contribution in [0.4, 0.5) is 0 Å². The van der Waals surface area contributed by atoms with Crippen LogP contribution in [0.5, 0.6) is 0 Å². The van der Waals surface area contributed by atoms with E-state index in [1.54, 1.807) is 35.6 Å². The topological polar surface area (TPSA) is 63.9 Å². The van der Waals surface area contributed by atoms with Crippen LogP contribution >= 0.6 is 0 Å². The molecule has 0 aromatic carbocycles. The highest BCUT2D eigenvalue weighted by molar-refractivity contribution is 5.90. The number of hydrogen-bond acceptors (Lipinski definition) is 4. The number of amides is 1. The number of hydrogen-bond donors (Lipinski definition) is 0. The van der Waals surface area contributed by atoms with Crippen molar-refractivity contribution in [1.29, 1.82) is 0 Å². The Hall–Kier alpha value is -2.24. The van der Waals surface area contributed by atoms with E-state index in [9.17, 15) is 4.79 Å². The molecule has 3 rings (SSSR count). The molecule has 6 nitrogen and oxygen atoms in total. The zero-order valence-corrected chi connectivity index (χ0v) is 11.4. The molecule has 6 heteroatoms. The molecule has 1 aliphatic rings. The largest absolute Gasteiger partial charge is 0.335 e. The van der Waals surface area contributed by atoms with E-state index in [1.165, 1.54) is 0 Å². The predicted octanol–water partition coefficient (Wildman–Crippen LogP) is 1.23. The first-order chi connectivity index (χ1) is 9.75. The maximum absolute atomic E-state index is 12.5. The third kappa shape index (κ3) is 2.41. The van der Waals surface area contributed by atoms with Crippen molar-refractivity contribution < 1.29 is 4.79 Å². The maximum Gasteiger partial charge on any atom is 0.289 e. The van der Waals surface area contributed by atoms with Crippen molar-refractivity contribution in [1.82, 2.24) is 24.4 Å². The van der Waals surface area contributed by atoms with Crippen molar-refractivity contribution in [2.75, 3.05) is 13.1 Å². The maximum atomic E-state index is 12.5. The van der Waals surface area contributed by atoms with Crippen LogP contribution in [0.2, 0.25) is 0 Å². The summed E-state index contributed by atoms with van der Waals surface area (Å²) < 4.78 is 1.76. The summed E-state index contributed by atoms with van der Waals surface area (Å²) in [5.74, 6) is 0.748. The number of carbonyl (C=O) groups excluding carboxylic acids is 1. The lowest BCUT2D eigenvalue weighted by Crippen LogP contribution is -2.40. The number of imidazole rings is 1. The molecule has 1 fully saturated rings. The molecule has 1 aliphatic heterocycles. The number of carbonyl (C=O) groups is 1. The highest BCUT2D eigenvalue weighted by Gasteiger charge is 2.27. The fraction of sp³-hybridized carbons (Fsp3) is 0.429. The van der Waals surface area contributed by atoms with Crippen LogP contribution < -0.4 is 0 Å². The monoisotopic (exact) mass is 271 g/mol. The second-order valence-electron chi connectivity index (χ2n) is 5.08. The summed E-state index contributed by atoms with van der Waals surface area (Å²) in [6.07, 6.45) is 10.6. The highest BCUT2D eigenvalue weighted by Crippen LogP contribution is 2.25. The minimum Gasteiger partial charge on any atom is -0.335 e. The van der Waals surface area contributed by atoms with Crippen LogP contribution in [0.1, 0.15) is 35.1 Å². The standard InChI is InChI=1S/C14H17N5O/c1-18-8-6-17-13(18)14(20)19-7-2-3-11(10-19)12-9-15-4-5-16-12/h4-6,8-9,11H,2-3,7,10H2,1H3. The first-order valence-electron chi connectivity index (χ1n) is 6.78. The van der Waals surface area contributed by atoms with Gasteiger partial charge in [0.1, 0.15) is 0 Å². The van der Waals surface area contributed by atoms with E-state index in [0.29, 0.717) is 12.4 Å². The smallest absolute Gasteiger partial charge is 0.289 e. The van der Waals surface area contributed by atoms with E-state index in [-0.39, 0.29) is 11.8 Å². The van der Waals surface area contributed by atoms with Gasteiger partial charge in [0, 0.05) is 57.0 Å². The zero-order valence-electron chi connectivity index (χ0n) is 11.4. The van der Waals surface area contributed by atoms with Gasteiger partial charge in [-0.3, -0.25) is 14.8 Å². The van der Waals surface area contributed by atoms with Gasteiger partial charge in [-0.05, 0) is 12.8 Å². The van der Waals surface area contributed by atoms with Gasteiger partial charge >= 0.3 is 0 Å². The molecule has 0 spiro atoms. The molecule has 1 unspecified atom stereocenters. The molecule has 0 bridgehead atoms. The summed E-state index contributed by atoms with van der Waals surface area (Å²) in [5, 5.41) is 0. The van der Waals surface area contributed by atoms with Crippen LogP contribution in [0, 0.1) is 0 Å². The molecular formula is C14H17N5O. The van der Waals surface area contributed by atoms with Crippen LogP contribution in [0.25, 0.3) is 0 Å². The molecule has 0 saturated carbocycles. The van der Waals surface area contributed by atoms with E-state index >= 15 is 0 Å². The van der Waals surface area contributed by atoms with E-state index in [0.717, 1.165) is 25.1 Å². The van der Waals surface area contributed by atoms with Crippen molar-refractivity contribution in [2.45, 2.75) is 18.8 Å². The lowest BCUT2D eigenvalue weighted by atomic mass is 9.95. The van der Waals surface area contributed by atoms with Crippen molar-refractivity contribution in [2.24, 2.45) is 7.05 Å². The molecule has 1 saturated heterocycles. The van der Waals surface area contributed by atoms with Crippen molar-refractivity contribution in [3.05, 3.63) is 42.5 Å². The van der Waals surface area contributed by atoms with Crippen molar-refractivity contribution in [3.8, 4) is 0 Å². The SMILES string of the molecule is Cn1ccnc1C(=O)N1CCCC(c2cnccn2)C1. The zero-order chi connectivity index (χ0) is 13.9. The Bertz CT molecular complexity index is 595. The van der Waals surface area contributed by atoms with Gasteiger partial charge in [-0.25, -0.2) is 4.98 Å². The first kappa shape index (κ1) is 12.8. The molecule has 3 heterocycles. The molecule has 1 atom stereocenters. The van der Waals surface area contributed by atoms with Gasteiger partial charge in [-0.2, -0.15) is 0 Å². The number of nitrogens with zero attached hydrogens (tertiary/aromatic N) is 5. The Morgan fingerprint density at radius 2 is 2.20 bits per heavy atom. The molecule has 104 valence electrons. The first-order valence-corrected chi connectivity index (χ1v) is 6.78. The lowest BCUT2D eigenvalue weighted by molar-refractivity contribution is 0.0689. The number of aromatic nitrogens is 4. The van der Waals surface area contributed by atoms with Gasteiger partial charge in [-0.1, -0.05) is 0 Å². The molecule has 0 N–H and O–H groups in total. The van der Waals surface area contributed by atoms with E-state index in [2.05, 4.69) is 15.0 Å². The Labute approximate surface area is 117 Å². The number of rotatable bonds is 2. The summed E-state index contributed by atoms with van der Waals surface area (Å²) in [4.78, 5) is 26.9. The molecule has 2 aromatic heterocycles. The van der Waals surface area contributed by atoms with Crippen LogP contribution in [-0.4, -0.2) is 43.4 Å². The number of piperidine rings is 1. The Balaban J connectivity index is 1.76. The molecule has 0 radical (unpaired) electrons. The van der Waals surface area contributed by atoms with Gasteiger partial charge in [-0.15, -0.1) is 0 Å². The van der Waals surface area contributed by atoms with Crippen LogP contribution in [0.3, 0.4) is 0 Å². The predicted molar refractivity (Wildman–Crippen MR) is 73.1 cm³/mol. The highest BCUT2D eigenvalue weighted by atomic mass is 16.2. The average molecular weight is 271 g/mol. The summed E-state index contributed by atoms with van der Waals surface area (Å²) >= 11 is 0. The Morgan fingerprint density at radius 1 is 1.30 bits per heavy atom. The third-order valence-corrected chi connectivity index (χ3v) is 3.72.